The first kappa shape index (κ1) is 24.2. The van der Waals surface area contributed by atoms with Gasteiger partial charge in [0.25, 0.3) is 5.91 Å². The van der Waals surface area contributed by atoms with Crippen LogP contribution in [0.5, 0.6) is 0 Å². The van der Waals surface area contributed by atoms with E-state index in [4.69, 9.17) is 14.9 Å². The second-order valence-corrected chi connectivity index (χ2v) is 9.06. The third kappa shape index (κ3) is 5.87. The Balaban J connectivity index is 1.84. The van der Waals surface area contributed by atoms with Crippen molar-refractivity contribution in [2.24, 2.45) is 11.1 Å². The van der Waals surface area contributed by atoms with E-state index >= 15 is 0 Å². The van der Waals surface area contributed by atoms with Crippen LogP contribution < -0.4 is 11.1 Å². The monoisotopic (exact) mass is 455 g/mol. The van der Waals surface area contributed by atoms with Gasteiger partial charge in [-0.3, -0.25) is 19.2 Å². The summed E-state index contributed by atoms with van der Waals surface area (Å²) in [5, 5.41) is 2.77. The van der Waals surface area contributed by atoms with Gasteiger partial charge in [0.05, 0.1) is 11.8 Å². The van der Waals surface area contributed by atoms with Gasteiger partial charge in [0.15, 0.2) is 11.9 Å². The number of likely N-dealkylation sites (N-methyl/N-ethyl adjacent to an activating group) is 1. The molecule has 3 amide bonds. The molecule has 0 radical (unpaired) electrons. The van der Waals surface area contributed by atoms with Crippen molar-refractivity contribution < 1.29 is 28.3 Å². The molecule has 3 rings (SSSR count). The van der Waals surface area contributed by atoms with Crippen LogP contribution in [0.3, 0.4) is 0 Å². The van der Waals surface area contributed by atoms with Gasteiger partial charge in [0, 0.05) is 7.05 Å². The molecule has 0 spiro atoms. The third-order valence-corrected chi connectivity index (χ3v) is 5.74. The number of hydrogen-bond donors (Lipinski definition) is 2. The fourth-order valence-corrected chi connectivity index (χ4v) is 4.17. The van der Waals surface area contributed by atoms with Crippen molar-refractivity contribution in [1.82, 2.24) is 10.2 Å². The maximum absolute atomic E-state index is 13.5. The lowest BCUT2D eigenvalue weighted by atomic mass is 9.79. The smallest absolute Gasteiger partial charge is 0.255 e. The van der Waals surface area contributed by atoms with E-state index in [1.165, 1.54) is 25.6 Å². The van der Waals surface area contributed by atoms with Gasteiger partial charge in [-0.25, -0.2) is 0 Å². The Morgan fingerprint density at radius 3 is 2.52 bits per heavy atom. The van der Waals surface area contributed by atoms with E-state index in [1.807, 2.05) is 44.2 Å². The Hall–Kier alpha value is -3.46. The van der Waals surface area contributed by atoms with Crippen LogP contribution in [0.1, 0.15) is 36.2 Å². The lowest BCUT2D eigenvalue weighted by Crippen LogP contribution is -2.56. The molecule has 2 unspecified atom stereocenters. The Labute approximate surface area is 192 Å². The standard InChI is InChI=1S/C24H29N3O6/c1-24(2,11-15-7-5-4-6-8-15)12-17(26-22(30)16-9-10-32-13-16)23(31)27(3)19-18(28)14-33-20(19)21(25)29/h4-10,13,17,19-20H,11-12,14H2,1-3H3,(H2,25,29)(H,26,30)/t17-,19?,20?/m0/s1. The number of hydrogen-bond acceptors (Lipinski definition) is 6. The molecule has 33 heavy (non-hydrogen) atoms. The zero-order valence-electron chi connectivity index (χ0n) is 18.9. The van der Waals surface area contributed by atoms with Crippen LogP contribution in [0, 0.1) is 5.41 Å². The summed E-state index contributed by atoms with van der Waals surface area (Å²) in [6.07, 6.45) is 2.38. The molecular weight excluding hydrogens is 426 g/mol. The van der Waals surface area contributed by atoms with Crippen LogP contribution in [0.4, 0.5) is 0 Å². The highest BCUT2D eigenvalue weighted by Crippen LogP contribution is 2.29. The Bertz CT molecular complexity index is 1000. The summed E-state index contributed by atoms with van der Waals surface area (Å²) in [4.78, 5) is 51.5. The van der Waals surface area contributed by atoms with Gasteiger partial charge in [-0.2, -0.15) is 0 Å². The maximum Gasteiger partial charge on any atom is 0.255 e. The minimum absolute atomic E-state index is 0.270. The number of furan rings is 1. The number of benzene rings is 1. The average Bonchev–Trinajstić information content (AvgIpc) is 3.42. The summed E-state index contributed by atoms with van der Waals surface area (Å²) < 4.78 is 10.2. The van der Waals surface area contributed by atoms with Gasteiger partial charge < -0.3 is 25.1 Å². The summed E-state index contributed by atoms with van der Waals surface area (Å²) in [5.74, 6) is -2.23. The Kier molecular flexibility index (Phi) is 7.33. The molecule has 1 saturated heterocycles. The number of amides is 3. The molecule has 2 heterocycles. The molecule has 1 fully saturated rings. The maximum atomic E-state index is 13.5. The fourth-order valence-electron chi connectivity index (χ4n) is 4.17. The summed E-state index contributed by atoms with van der Waals surface area (Å²) in [7, 11) is 1.41. The number of ketones is 1. The van der Waals surface area contributed by atoms with Crippen LogP contribution >= 0.6 is 0 Å². The quantitative estimate of drug-likeness (QED) is 0.586. The first-order valence-corrected chi connectivity index (χ1v) is 10.7. The van der Waals surface area contributed by atoms with E-state index < -0.39 is 41.7 Å². The fraction of sp³-hybridized carbons (Fsp3) is 0.417. The molecular formula is C24H29N3O6. The molecule has 1 aliphatic heterocycles. The number of nitrogens with zero attached hydrogens (tertiary/aromatic N) is 1. The van der Waals surface area contributed by atoms with E-state index in [9.17, 15) is 19.2 Å². The van der Waals surface area contributed by atoms with Crippen LogP contribution in [0.2, 0.25) is 0 Å². The average molecular weight is 456 g/mol. The molecule has 3 atom stereocenters. The van der Waals surface area contributed by atoms with E-state index in [-0.39, 0.29) is 24.0 Å². The van der Waals surface area contributed by atoms with Gasteiger partial charge in [-0.1, -0.05) is 44.2 Å². The number of rotatable bonds is 9. The van der Waals surface area contributed by atoms with Gasteiger partial charge >= 0.3 is 0 Å². The minimum Gasteiger partial charge on any atom is -0.472 e. The first-order valence-electron chi connectivity index (χ1n) is 10.7. The lowest BCUT2D eigenvalue weighted by molar-refractivity contribution is -0.141. The number of nitrogens with two attached hydrogens (primary N) is 1. The van der Waals surface area contributed by atoms with Gasteiger partial charge in [0.2, 0.25) is 11.8 Å². The largest absolute Gasteiger partial charge is 0.472 e. The predicted octanol–water partition coefficient (Wildman–Crippen LogP) is 1.32. The number of carbonyl (C=O) groups is 4. The summed E-state index contributed by atoms with van der Waals surface area (Å²) >= 11 is 0. The molecule has 0 aliphatic carbocycles. The Morgan fingerprint density at radius 1 is 1.21 bits per heavy atom. The van der Waals surface area contributed by atoms with E-state index in [1.54, 1.807) is 0 Å². The number of primary amides is 1. The lowest BCUT2D eigenvalue weighted by Gasteiger charge is -2.34. The highest BCUT2D eigenvalue weighted by molar-refractivity contribution is 6.00. The van der Waals surface area contributed by atoms with E-state index in [0.29, 0.717) is 6.42 Å². The molecule has 1 aliphatic rings. The summed E-state index contributed by atoms with van der Waals surface area (Å²) in [5.41, 5.74) is 6.34. The first-order chi connectivity index (χ1) is 15.6. The molecule has 2 aromatic rings. The van der Waals surface area contributed by atoms with Crippen molar-refractivity contribution in [3.05, 3.63) is 60.1 Å². The molecule has 9 nitrogen and oxygen atoms in total. The van der Waals surface area contributed by atoms with Crippen molar-refractivity contribution in [2.75, 3.05) is 13.7 Å². The normalized spacial score (nSPS) is 19.2. The van der Waals surface area contributed by atoms with Crippen molar-refractivity contribution >= 4 is 23.5 Å². The van der Waals surface area contributed by atoms with E-state index in [0.717, 1.165) is 10.5 Å². The van der Waals surface area contributed by atoms with Crippen molar-refractivity contribution in [3.8, 4) is 0 Å². The molecule has 1 aromatic heterocycles. The molecule has 176 valence electrons. The van der Waals surface area contributed by atoms with Crippen molar-refractivity contribution in [3.63, 3.8) is 0 Å². The van der Waals surface area contributed by atoms with Crippen LogP contribution in [-0.4, -0.2) is 60.2 Å². The zero-order chi connectivity index (χ0) is 24.2. The number of Topliss-reactive ketones (excluding diaryl/α,β-unsaturated/α-hetero) is 1. The van der Waals surface area contributed by atoms with Crippen molar-refractivity contribution in [2.45, 2.75) is 44.9 Å². The van der Waals surface area contributed by atoms with Gasteiger partial charge in [-0.15, -0.1) is 0 Å². The van der Waals surface area contributed by atoms with Gasteiger partial charge in [0.1, 0.15) is 25.0 Å². The highest BCUT2D eigenvalue weighted by atomic mass is 16.5. The minimum atomic E-state index is -1.23. The molecule has 0 saturated carbocycles. The molecule has 9 heteroatoms. The molecule has 0 bridgehead atoms. The summed E-state index contributed by atoms with van der Waals surface area (Å²) in [6, 6.07) is 9.21. The third-order valence-electron chi connectivity index (χ3n) is 5.74. The second kappa shape index (κ2) is 9.99. The Morgan fingerprint density at radius 2 is 1.91 bits per heavy atom. The van der Waals surface area contributed by atoms with Crippen LogP contribution in [-0.2, 0) is 25.5 Å². The van der Waals surface area contributed by atoms with Crippen molar-refractivity contribution in [1.29, 1.82) is 0 Å². The highest BCUT2D eigenvalue weighted by Gasteiger charge is 2.45. The van der Waals surface area contributed by atoms with Crippen LogP contribution in [0.25, 0.3) is 0 Å². The van der Waals surface area contributed by atoms with Crippen LogP contribution in [0.15, 0.2) is 53.3 Å². The second-order valence-electron chi connectivity index (χ2n) is 9.06. The number of nitrogens with one attached hydrogen (secondary N) is 1. The SMILES string of the molecule is CN(C(=O)[C@H](CC(C)(C)Cc1ccccc1)NC(=O)c1ccoc1)C1C(=O)COC1C(N)=O. The number of ether oxygens (including phenoxy) is 1. The summed E-state index contributed by atoms with van der Waals surface area (Å²) in [6.45, 7) is 3.70. The number of carbonyl (C=O) groups excluding carboxylic acids is 4. The van der Waals surface area contributed by atoms with Gasteiger partial charge in [-0.05, 0) is 29.9 Å². The topological polar surface area (TPSA) is 132 Å². The van der Waals surface area contributed by atoms with E-state index in [2.05, 4.69) is 5.32 Å². The molecule has 1 aromatic carbocycles. The molecule has 3 N–H and O–H groups in total. The zero-order valence-corrected chi connectivity index (χ0v) is 18.9. The predicted molar refractivity (Wildman–Crippen MR) is 119 cm³/mol.